The van der Waals surface area contributed by atoms with E-state index in [-0.39, 0.29) is 0 Å². The van der Waals surface area contributed by atoms with Crippen molar-refractivity contribution in [3.8, 4) is 0 Å². The number of nitrogens with one attached hydrogen (secondary N) is 1. The Balaban J connectivity index is 2.30. The van der Waals surface area contributed by atoms with Crippen LogP contribution in [0.2, 0.25) is 0 Å². The summed E-state index contributed by atoms with van der Waals surface area (Å²) in [6, 6.07) is 0. The van der Waals surface area contributed by atoms with Gasteiger partial charge in [0, 0.05) is 19.8 Å². The zero-order valence-electron chi connectivity index (χ0n) is 10.2. The first-order chi connectivity index (χ1) is 7.27. The zero-order chi connectivity index (χ0) is 11.1. The standard InChI is InChI=1S/C12H23N3/c1-4-6-7-8-9-13-12-10-15(3)14-11(12)5-2/h10,13H,4-9H2,1-3H3. The van der Waals surface area contributed by atoms with Crippen LogP contribution in [-0.4, -0.2) is 16.3 Å². The molecule has 0 aliphatic heterocycles. The molecule has 1 aromatic rings. The molecule has 15 heavy (non-hydrogen) atoms. The molecule has 0 amide bonds. The van der Waals surface area contributed by atoms with Gasteiger partial charge in [0.1, 0.15) is 0 Å². The van der Waals surface area contributed by atoms with Gasteiger partial charge in [-0.05, 0) is 12.8 Å². The lowest BCUT2D eigenvalue weighted by atomic mass is 10.2. The molecule has 0 radical (unpaired) electrons. The molecule has 0 bridgehead atoms. The molecule has 0 unspecified atom stereocenters. The zero-order valence-corrected chi connectivity index (χ0v) is 10.2. The van der Waals surface area contributed by atoms with E-state index in [9.17, 15) is 0 Å². The second kappa shape index (κ2) is 6.49. The van der Waals surface area contributed by atoms with E-state index in [1.807, 2.05) is 11.7 Å². The first kappa shape index (κ1) is 12.1. The van der Waals surface area contributed by atoms with E-state index in [1.165, 1.54) is 37.1 Å². The van der Waals surface area contributed by atoms with Gasteiger partial charge in [-0.1, -0.05) is 33.1 Å². The molecule has 3 heteroatoms. The molecule has 0 aliphatic rings. The van der Waals surface area contributed by atoms with Gasteiger partial charge in [-0.25, -0.2) is 0 Å². The minimum absolute atomic E-state index is 0.998. The highest BCUT2D eigenvalue weighted by molar-refractivity contribution is 5.46. The van der Waals surface area contributed by atoms with E-state index >= 15 is 0 Å². The van der Waals surface area contributed by atoms with Crippen LogP contribution in [0.1, 0.15) is 45.2 Å². The highest BCUT2D eigenvalue weighted by Crippen LogP contribution is 2.13. The van der Waals surface area contributed by atoms with Crippen molar-refractivity contribution < 1.29 is 0 Å². The quantitative estimate of drug-likeness (QED) is 0.700. The van der Waals surface area contributed by atoms with E-state index in [0.29, 0.717) is 0 Å². The number of anilines is 1. The minimum Gasteiger partial charge on any atom is -0.382 e. The van der Waals surface area contributed by atoms with Crippen LogP contribution in [0, 0.1) is 0 Å². The topological polar surface area (TPSA) is 29.9 Å². The molecule has 0 spiro atoms. The molecule has 86 valence electrons. The number of nitrogens with zero attached hydrogens (tertiary/aromatic N) is 2. The van der Waals surface area contributed by atoms with Crippen LogP contribution in [0.3, 0.4) is 0 Å². The summed E-state index contributed by atoms with van der Waals surface area (Å²) in [5.74, 6) is 0. The predicted octanol–water partition coefficient (Wildman–Crippen LogP) is 2.97. The summed E-state index contributed by atoms with van der Waals surface area (Å²) in [4.78, 5) is 0. The maximum Gasteiger partial charge on any atom is 0.0853 e. The first-order valence-corrected chi connectivity index (χ1v) is 6.04. The summed E-state index contributed by atoms with van der Waals surface area (Å²) in [6.07, 6.45) is 8.29. The van der Waals surface area contributed by atoms with E-state index in [2.05, 4.69) is 30.5 Å². The second-order valence-electron chi connectivity index (χ2n) is 4.00. The van der Waals surface area contributed by atoms with Crippen LogP contribution in [0.25, 0.3) is 0 Å². The third kappa shape index (κ3) is 3.94. The highest BCUT2D eigenvalue weighted by atomic mass is 15.3. The van der Waals surface area contributed by atoms with E-state index in [4.69, 9.17) is 0 Å². The van der Waals surface area contributed by atoms with Crippen LogP contribution in [0.15, 0.2) is 6.20 Å². The Morgan fingerprint density at radius 3 is 2.73 bits per heavy atom. The summed E-state index contributed by atoms with van der Waals surface area (Å²) in [5, 5.41) is 7.86. The maximum atomic E-state index is 4.40. The third-order valence-electron chi connectivity index (χ3n) is 2.59. The Kier molecular flexibility index (Phi) is 5.22. The molecule has 1 rings (SSSR count). The van der Waals surface area contributed by atoms with Crippen molar-refractivity contribution in [1.29, 1.82) is 0 Å². The van der Waals surface area contributed by atoms with Gasteiger partial charge in [0.2, 0.25) is 0 Å². The molecule has 1 heterocycles. The van der Waals surface area contributed by atoms with E-state index < -0.39 is 0 Å². The number of unbranched alkanes of at least 4 members (excludes halogenated alkanes) is 3. The Labute approximate surface area is 92.9 Å². The SMILES string of the molecule is CCCCCCNc1cn(C)nc1CC. The highest BCUT2D eigenvalue weighted by Gasteiger charge is 2.03. The van der Waals surface area contributed by atoms with Crippen LogP contribution in [-0.2, 0) is 13.5 Å². The predicted molar refractivity (Wildman–Crippen MR) is 65.2 cm³/mol. The lowest BCUT2D eigenvalue weighted by molar-refractivity contribution is 0.685. The van der Waals surface area contributed by atoms with Gasteiger partial charge >= 0.3 is 0 Å². The normalized spacial score (nSPS) is 10.6. The lowest BCUT2D eigenvalue weighted by Crippen LogP contribution is -2.02. The van der Waals surface area contributed by atoms with Gasteiger partial charge in [0.05, 0.1) is 11.4 Å². The van der Waals surface area contributed by atoms with Gasteiger partial charge in [0.15, 0.2) is 0 Å². The molecule has 3 nitrogen and oxygen atoms in total. The maximum absolute atomic E-state index is 4.40. The lowest BCUT2D eigenvalue weighted by Gasteiger charge is -2.04. The fourth-order valence-electron chi connectivity index (χ4n) is 1.72. The van der Waals surface area contributed by atoms with Gasteiger partial charge in [-0.2, -0.15) is 5.10 Å². The molecule has 0 atom stereocenters. The number of hydrogen-bond acceptors (Lipinski definition) is 2. The van der Waals surface area contributed by atoms with Crippen molar-refractivity contribution in [2.24, 2.45) is 7.05 Å². The van der Waals surface area contributed by atoms with E-state index in [1.54, 1.807) is 0 Å². The van der Waals surface area contributed by atoms with Crippen molar-refractivity contribution in [3.63, 3.8) is 0 Å². The Morgan fingerprint density at radius 2 is 2.07 bits per heavy atom. The Morgan fingerprint density at radius 1 is 1.27 bits per heavy atom. The van der Waals surface area contributed by atoms with Gasteiger partial charge < -0.3 is 5.32 Å². The molecular weight excluding hydrogens is 186 g/mol. The first-order valence-electron chi connectivity index (χ1n) is 6.04. The number of aryl methyl sites for hydroxylation is 2. The monoisotopic (exact) mass is 209 g/mol. The molecule has 0 aliphatic carbocycles. The molecule has 0 fully saturated rings. The average molecular weight is 209 g/mol. The van der Waals surface area contributed by atoms with Crippen molar-refractivity contribution in [3.05, 3.63) is 11.9 Å². The summed E-state index contributed by atoms with van der Waals surface area (Å²) in [5.41, 5.74) is 2.38. The van der Waals surface area contributed by atoms with Crippen molar-refractivity contribution in [2.45, 2.75) is 46.0 Å². The van der Waals surface area contributed by atoms with Crippen molar-refractivity contribution in [2.75, 3.05) is 11.9 Å². The number of aromatic nitrogens is 2. The van der Waals surface area contributed by atoms with Gasteiger partial charge in [-0.3, -0.25) is 4.68 Å². The van der Waals surface area contributed by atoms with Crippen molar-refractivity contribution in [1.82, 2.24) is 9.78 Å². The number of rotatable bonds is 7. The van der Waals surface area contributed by atoms with Crippen LogP contribution in [0.4, 0.5) is 5.69 Å². The van der Waals surface area contributed by atoms with Crippen LogP contribution in [0.5, 0.6) is 0 Å². The number of hydrogen-bond donors (Lipinski definition) is 1. The third-order valence-corrected chi connectivity index (χ3v) is 2.59. The fraction of sp³-hybridized carbons (Fsp3) is 0.750. The average Bonchev–Trinajstić information content (AvgIpc) is 2.59. The van der Waals surface area contributed by atoms with E-state index in [0.717, 1.165) is 13.0 Å². The summed E-state index contributed by atoms with van der Waals surface area (Å²) in [7, 11) is 1.97. The molecule has 0 saturated heterocycles. The minimum atomic E-state index is 0.998. The van der Waals surface area contributed by atoms with Crippen LogP contribution >= 0.6 is 0 Å². The van der Waals surface area contributed by atoms with Gasteiger partial charge in [-0.15, -0.1) is 0 Å². The fourth-order valence-corrected chi connectivity index (χ4v) is 1.72. The summed E-state index contributed by atoms with van der Waals surface area (Å²) < 4.78 is 1.88. The van der Waals surface area contributed by atoms with Crippen molar-refractivity contribution >= 4 is 5.69 Å². The largest absolute Gasteiger partial charge is 0.382 e. The Hall–Kier alpha value is -0.990. The second-order valence-corrected chi connectivity index (χ2v) is 4.00. The van der Waals surface area contributed by atoms with Crippen LogP contribution < -0.4 is 5.32 Å². The molecule has 1 aromatic heterocycles. The summed E-state index contributed by atoms with van der Waals surface area (Å²) >= 11 is 0. The van der Waals surface area contributed by atoms with Gasteiger partial charge in [0.25, 0.3) is 0 Å². The molecular formula is C12H23N3. The summed E-state index contributed by atoms with van der Waals surface area (Å²) in [6.45, 7) is 5.45. The molecule has 0 saturated carbocycles. The Bertz CT molecular complexity index is 278. The molecule has 1 N–H and O–H groups in total. The molecule has 0 aromatic carbocycles. The smallest absolute Gasteiger partial charge is 0.0853 e.